The lowest BCUT2D eigenvalue weighted by molar-refractivity contribution is -0.137. The van der Waals surface area contributed by atoms with Crippen LogP contribution in [0, 0.1) is 0 Å². The van der Waals surface area contributed by atoms with E-state index in [1.54, 1.807) is 26.0 Å². The molecule has 0 fully saturated rings. The SMILES string of the molecule is CCOC(=O)/C=C(/C)Sc1c(O)cc2ccccc2c1O. The summed E-state index contributed by atoms with van der Waals surface area (Å²) >= 11 is 1.13. The fraction of sp³-hybridized carbons (Fsp3) is 0.188. The van der Waals surface area contributed by atoms with Crippen molar-refractivity contribution in [3.05, 3.63) is 41.3 Å². The minimum atomic E-state index is -0.442. The molecule has 0 heterocycles. The summed E-state index contributed by atoms with van der Waals surface area (Å²) in [6.07, 6.45) is 1.34. The van der Waals surface area contributed by atoms with Crippen molar-refractivity contribution in [2.75, 3.05) is 6.61 Å². The summed E-state index contributed by atoms with van der Waals surface area (Å²) in [5.74, 6) is -0.456. The summed E-state index contributed by atoms with van der Waals surface area (Å²) in [5.41, 5.74) is 0. The fourth-order valence-electron chi connectivity index (χ4n) is 1.94. The zero-order chi connectivity index (χ0) is 15.4. The average molecular weight is 304 g/mol. The molecule has 0 bridgehead atoms. The van der Waals surface area contributed by atoms with Gasteiger partial charge in [0.15, 0.2) is 0 Å². The molecule has 0 saturated carbocycles. The molecule has 0 spiro atoms. The highest BCUT2D eigenvalue weighted by molar-refractivity contribution is 8.03. The van der Waals surface area contributed by atoms with Crippen LogP contribution in [-0.4, -0.2) is 22.8 Å². The van der Waals surface area contributed by atoms with Gasteiger partial charge in [-0.1, -0.05) is 36.0 Å². The predicted molar refractivity (Wildman–Crippen MR) is 83.5 cm³/mol. The molecule has 0 atom stereocenters. The zero-order valence-corrected chi connectivity index (χ0v) is 12.6. The van der Waals surface area contributed by atoms with E-state index in [9.17, 15) is 15.0 Å². The molecule has 0 radical (unpaired) electrons. The van der Waals surface area contributed by atoms with Crippen LogP contribution in [0.1, 0.15) is 13.8 Å². The lowest BCUT2D eigenvalue weighted by Crippen LogP contribution is -1.99. The number of carbonyl (C=O) groups is 1. The van der Waals surface area contributed by atoms with Gasteiger partial charge in [0, 0.05) is 11.5 Å². The van der Waals surface area contributed by atoms with Crippen LogP contribution in [0.15, 0.2) is 46.2 Å². The van der Waals surface area contributed by atoms with E-state index >= 15 is 0 Å². The number of allylic oxidation sites excluding steroid dienone is 1. The van der Waals surface area contributed by atoms with Crippen LogP contribution in [0.4, 0.5) is 0 Å². The zero-order valence-electron chi connectivity index (χ0n) is 11.8. The van der Waals surface area contributed by atoms with E-state index < -0.39 is 5.97 Å². The van der Waals surface area contributed by atoms with Crippen molar-refractivity contribution in [3.63, 3.8) is 0 Å². The second-order valence-corrected chi connectivity index (χ2v) is 5.66. The van der Waals surface area contributed by atoms with Gasteiger partial charge in [-0.3, -0.25) is 0 Å². The molecule has 2 aromatic carbocycles. The largest absolute Gasteiger partial charge is 0.507 e. The minimum Gasteiger partial charge on any atom is -0.507 e. The number of hydrogen-bond acceptors (Lipinski definition) is 5. The number of carbonyl (C=O) groups excluding carboxylic acids is 1. The first-order chi connectivity index (χ1) is 10.0. The summed E-state index contributed by atoms with van der Waals surface area (Å²) in [6.45, 7) is 3.75. The van der Waals surface area contributed by atoms with Gasteiger partial charge in [0.25, 0.3) is 0 Å². The number of thioether (sulfide) groups is 1. The molecular formula is C16H16O4S. The minimum absolute atomic E-state index is 0.00667. The molecule has 0 amide bonds. The van der Waals surface area contributed by atoms with Crippen molar-refractivity contribution >= 4 is 28.5 Å². The molecule has 0 aromatic heterocycles. The molecule has 5 heteroatoms. The number of ether oxygens (including phenoxy) is 1. The van der Waals surface area contributed by atoms with Crippen molar-refractivity contribution in [1.29, 1.82) is 0 Å². The van der Waals surface area contributed by atoms with Gasteiger partial charge < -0.3 is 14.9 Å². The molecule has 0 aliphatic heterocycles. The molecular weight excluding hydrogens is 288 g/mol. The van der Waals surface area contributed by atoms with Crippen molar-refractivity contribution in [2.45, 2.75) is 18.7 Å². The maximum absolute atomic E-state index is 11.4. The average Bonchev–Trinajstić information content (AvgIpc) is 2.43. The van der Waals surface area contributed by atoms with Crippen molar-refractivity contribution in [1.82, 2.24) is 0 Å². The molecule has 2 aromatic rings. The van der Waals surface area contributed by atoms with E-state index in [0.717, 1.165) is 17.1 Å². The molecule has 0 aliphatic rings. The lowest BCUT2D eigenvalue weighted by Gasteiger charge is -2.10. The van der Waals surface area contributed by atoms with Crippen molar-refractivity contribution in [3.8, 4) is 11.5 Å². The van der Waals surface area contributed by atoms with Gasteiger partial charge in [-0.2, -0.15) is 0 Å². The topological polar surface area (TPSA) is 66.8 Å². The Balaban J connectivity index is 2.36. The molecule has 0 saturated heterocycles. The summed E-state index contributed by atoms with van der Waals surface area (Å²) in [7, 11) is 0. The quantitative estimate of drug-likeness (QED) is 0.511. The molecule has 0 aliphatic carbocycles. The first kappa shape index (κ1) is 15.3. The third kappa shape index (κ3) is 3.49. The number of hydrogen-bond donors (Lipinski definition) is 2. The standard InChI is InChI=1S/C16H16O4S/c1-3-20-14(18)8-10(2)21-16-13(17)9-11-6-4-5-7-12(11)15(16)19/h4-9,17,19H,3H2,1-2H3/b10-8-. The number of benzene rings is 2. The molecule has 2 N–H and O–H groups in total. The Morgan fingerprint density at radius 1 is 1.33 bits per heavy atom. The monoisotopic (exact) mass is 304 g/mol. The molecule has 4 nitrogen and oxygen atoms in total. The van der Waals surface area contributed by atoms with Crippen LogP contribution in [0.2, 0.25) is 0 Å². The first-order valence-electron chi connectivity index (χ1n) is 6.49. The van der Waals surface area contributed by atoms with Gasteiger partial charge >= 0.3 is 5.97 Å². The maximum atomic E-state index is 11.4. The molecule has 2 rings (SSSR count). The number of aromatic hydroxyl groups is 2. The van der Waals surface area contributed by atoms with Crippen LogP contribution in [0.25, 0.3) is 10.8 Å². The third-order valence-corrected chi connectivity index (χ3v) is 3.87. The Bertz CT molecular complexity index is 707. The van der Waals surface area contributed by atoms with Crippen molar-refractivity contribution < 1.29 is 19.7 Å². The summed E-state index contributed by atoms with van der Waals surface area (Å²) in [5, 5.41) is 21.8. The number of rotatable bonds is 4. The summed E-state index contributed by atoms with van der Waals surface area (Å²) in [6, 6.07) is 8.83. The van der Waals surface area contributed by atoms with Gasteiger partial charge in [0.05, 0.1) is 11.5 Å². The Morgan fingerprint density at radius 2 is 2.05 bits per heavy atom. The smallest absolute Gasteiger partial charge is 0.331 e. The van der Waals surface area contributed by atoms with Crippen LogP contribution in [0.3, 0.4) is 0 Å². The molecule has 0 unspecified atom stereocenters. The fourth-order valence-corrected chi connectivity index (χ4v) is 2.78. The van der Waals surface area contributed by atoms with Crippen LogP contribution in [-0.2, 0) is 9.53 Å². The van der Waals surface area contributed by atoms with E-state index in [0.29, 0.717) is 21.8 Å². The van der Waals surface area contributed by atoms with E-state index in [1.807, 2.05) is 18.2 Å². The van der Waals surface area contributed by atoms with Gasteiger partial charge in [0.2, 0.25) is 0 Å². The van der Waals surface area contributed by atoms with Crippen LogP contribution < -0.4 is 0 Å². The second kappa shape index (κ2) is 6.54. The Kier molecular flexibility index (Phi) is 4.75. The van der Waals surface area contributed by atoms with Gasteiger partial charge in [-0.15, -0.1) is 0 Å². The van der Waals surface area contributed by atoms with E-state index in [-0.39, 0.29) is 11.5 Å². The Morgan fingerprint density at radius 3 is 2.76 bits per heavy atom. The molecule has 110 valence electrons. The van der Waals surface area contributed by atoms with E-state index in [1.165, 1.54) is 6.08 Å². The highest BCUT2D eigenvalue weighted by atomic mass is 32.2. The van der Waals surface area contributed by atoms with E-state index in [2.05, 4.69) is 0 Å². The Hall–Kier alpha value is -2.14. The number of phenolic OH excluding ortho intramolecular Hbond substituents is 2. The van der Waals surface area contributed by atoms with Crippen molar-refractivity contribution in [2.24, 2.45) is 0 Å². The van der Waals surface area contributed by atoms with Gasteiger partial charge in [-0.05, 0) is 30.2 Å². The highest BCUT2D eigenvalue weighted by Gasteiger charge is 2.14. The molecule has 21 heavy (non-hydrogen) atoms. The maximum Gasteiger partial charge on any atom is 0.331 e. The number of esters is 1. The lowest BCUT2D eigenvalue weighted by atomic mass is 10.1. The van der Waals surface area contributed by atoms with Crippen LogP contribution >= 0.6 is 11.8 Å². The Labute approximate surface area is 127 Å². The second-order valence-electron chi connectivity index (χ2n) is 4.40. The van der Waals surface area contributed by atoms with Crippen LogP contribution in [0.5, 0.6) is 11.5 Å². The summed E-state index contributed by atoms with van der Waals surface area (Å²) < 4.78 is 4.83. The van der Waals surface area contributed by atoms with Gasteiger partial charge in [-0.25, -0.2) is 4.79 Å². The number of phenols is 2. The summed E-state index contributed by atoms with van der Waals surface area (Å²) in [4.78, 5) is 12.3. The van der Waals surface area contributed by atoms with Gasteiger partial charge in [0.1, 0.15) is 11.5 Å². The highest BCUT2D eigenvalue weighted by Crippen LogP contribution is 2.44. The number of fused-ring (bicyclic) bond motifs is 1. The predicted octanol–water partition coefficient (Wildman–Crippen LogP) is 3.81. The third-order valence-electron chi connectivity index (χ3n) is 2.83. The van der Waals surface area contributed by atoms with E-state index in [4.69, 9.17) is 4.74 Å². The first-order valence-corrected chi connectivity index (χ1v) is 7.31. The normalized spacial score (nSPS) is 11.6.